The number of aromatic nitrogens is 2. The van der Waals surface area contributed by atoms with Crippen molar-refractivity contribution in [1.82, 2.24) is 19.4 Å². The molecule has 38 heavy (non-hydrogen) atoms. The van der Waals surface area contributed by atoms with E-state index < -0.39 is 37.3 Å². The molecule has 0 unspecified atom stereocenters. The summed E-state index contributed by atoms with van der Waals surface area (Å²) in [6.45, 7) is 5.55. The molecule has 202 valence electrons. The number of nitro benzene ring substituents is 1. The van der Waals surface area contributed by atoms with Crippen LogP contribution in [0.2, 0.25) is 0 Å². The Balaban J connectivity index is 1.87. The van der Waals surface area contributed by atoms with Gasteiger partial charge in [-0.15, -0.1) is 0 Å². The predicted molar refractivity (Wildman–Crippen MR) is 134 cm³/mol. The Bertz CT molecular complexity index is 1480. The molecule has 1 fully saturated rings. The third-order valence-electron chi connectivity index (χ3n) is 5.69. The van der Waals surface area contributed by atoms with Crippen LogP contribution in [-0.2, 0) is 14.8 Å². The van der Waals surface area contributed by atoms with Crippen molar-refractivity contribution in [2.45, 2.75) is 31.7 Å². The average molecular weight is 548 g/mol. The normalized spacial score (nSPS) is 14.4. The summed E-state index contributed by atoms with van der Waals surface area (Å²) in [5.74, 6) is -1.36. The van der Waals surface area contributed by atoms with Crippen LogP contribution in [0.1, 0.15) is 29.9 Å². The highest BCUT2D eigenvalue weighted by atomic mass is 32.2. The van der Waals surface area contributed by atoms with E-state index in [1.807, 2.05) is 0 Å². The van der Waals surface area contributed by atoms with Crippen LogP contribution < -0.4 is 10.1 Å². The predicted octanol–water partition coefficient (Wildman–Crippen LogP) is 3.18. The van der Waals surface area contributed by atoms with Crippen LogP contribution in [0.5, 0.6) is 11.6 Å². The lowest BCUT2D eigenvalue weighted by atomic mass is 10.2. The molecule has 14 heteroatoms. The fourth-order valence-corrected chi connectivity index (χ4v) is 5.40. The van der Waals surface area contributed by atoms with Crippen molar-refractivity contribution in [3.05, 3.63) is 69.7 Å². The second-order valence-corrected chi connectivity index (χ2v) is 10.7. The largest absolute Gasteiger partial charge is 0.437 e. The monoisotopic (exact) mass is 547 g/mol. The number of ether oxygens (including phenoxy) is 2. The van der Waals surface area contributed by atoms with Crippen molar-refractivity contribution < 1.29 is 32.0 Å². The second-order valence-electron chi connectivity index (χ2n) is 8.81. The van der Waals surface area contributed by atoms with Gasteiger partial charge in [-0.1, -0.05) is 6.07 Å². The van der Waals surface area contributed by atoms with Crippen LogP contribution >= 0.6 is 0 Å². The van der Waals surface area contributed by atoms with E-state index in [0.29, 0.717) is 0 Å². The number of sulfonamides is 1. The maximum Gasteiger partial charge on any atom is 0.272 e. The molecule has 2 heterocycles. The molecule has 0 aliphatic carbocycles. The zero-order valence-electron chi connectivity index (χ0n) is 20.9. The van der Waals surface area contributed by atoms with Gasteiger partial charge in [0, 0.05) is 36.8 Å². The van der Waals surface area contributed by atoms with E-state index >= 15 is 0 Å². The molecule has 2 aromatic carbocycles. The van der Waals surface area contributed by atoms with Gasteiger partial charge in [0.05, 0.1) is 23.8 Å². The lowest BCUT2D eigenvalue weighted by molar-refractivity contribution is -0.385. The smallest absolute Gasteiger partial charge is 0.272 e. The fourth-order valence-electron chi connectivity index (χ4n) is 3.86. The van der Waals surface area contributed by atoms with Crippen LogP contribution in [-0.4, -0.2) is 65.7 Å². The molecule has 1 N–H and O–H groups in total. The van der Waals surface area contributed by atoms with E-state index in [4.69, 9.17) is 9.47 Å². The number of morpholine rings is 1. The van der Waals surface area contributed by atoms with Gasteiger partial charge in [-0.05, 0) is 45.0 Å². The highest BCUT2D eigenvalue weighted by molar-refractivity contribution is 7.89. The summed E-state index contributed by atoms with van der Waals surface area (Å²) >= 11 is 0. The second kappa shape index (κ2) is 10.8. The zero-order valence-corrected chi connectivity index (χ0v) is 21.7. The minimum atomic E-state index is -4.24. The number of benzene rings is 2. The van der Waals surface area contributed by atoms with Gasteiger partial charge < -0.3 is 14.8 Å². The number of nitrogens with zero attached hydrogens (tertiary/aromatic N) is 4. The number of hydrogen-bond acceptors (Lipinski definition) is 8. The summed E-state index contributed by atoms with van der Waals surface area (Å²) in [5, 5.41) is 18.5. The first-order chi connectivity index (χ1) is 18.0. The number of nitro groups is 1. The van der Waals surface area contributed by atoms with E-state index in [9.17, 15) is 27.7 Å². The maximum absolute atomic E-state index is 14.1. The molecule has 0 spiro atoms. The van der Waals surface area contributed by atoms with E-state index in [1.165, 1.54) is 35.0 Å². The Labute approximate surface area is 218 Å². The number of rotatable bonds is 8. The number of carbonyl (C=O) groups is 1. The van der Waals surface area contributed by atoms with Gasteiger partial charge in [0.2, 0.25) is 15.9 Å². The van der Waals surface area contributed by atoms with Gasteiger partial charge in [0.25, 0.3) is 11.6 Å². The summed E-state index contributed by atoms with van der Waals surface area (Å²) in [5.41, 5.74) is 0.000633. The molecule has 0 bridgehead atoms. The third-order valence-corrected chi connectivity index (χ3v) is 7.61. The Morgan fingerprint density at radius 2 is 1.92 bits per heavy atom. The molecule has 4 rings (SSSR count). The van der Waals surface area contributed by atoms with Crippen molar-refractivity contribution in [1.29, 1.82) is 0 Å². The molecule has 3 aromatic rings. The Hall–Kier alpha value is -3.88. The van der Waals surface area contributed by atoms with Gasteiger partial charge >= 0.3 is 0 Å². The summed E-state index contributed by atoms with van der Waals surface area (Å²) < 4.78 is 54.7. The molecular formula is C24H26FN5O7S. The SMILES string of the molecule is Cc1c(C(=O)NC(C)C)nn(-c2cccc(F)c2)c1Oc1ccc([N+](=O)[O-])cc1S(=O)(=O)N1CCOCC1. The minimum absolute atomic E-state index is 0.0162. The zero-order chi connectivity index (χ0) is 27.6. The van der Waals surface area contributed by atoms with E-state index in [-0.39, 0.29) is 60.9 Å². The molecule has 1 saturated heterocycles. The third kappa shape index (κ3) is 5.51. The summed E-state index contributed by atoms with van der Waals surface area (Å²) in [7, 11) is -4.24. The topological polar surface area (TPSA) is 146 Å². The molecule has 12 nitrogen and oxygen atoms in total. The quantitative estimate of drug-likeness (QED) is 0.334. The van der Waals surface area contributed by atoms with Crippen LogP contribution in [0, 0.1) is 22.9 Å². The van der Waals surface area contributed by atoms with Gasteiger partial charge in [0.1, 0.15) is 16.5 Å². The molecule has 0 saturated carbocycles. The van der Waals surface area contributed by atoms with E-state index in [2.05, 4.69) is 10.4 Å². The molecule has 0 atom stereocenters. The first-order valence-electron chi connectivity index (χ1n) is 11.7. The number of hydrogen-bond donors (Lipinski definition) is 1. The molecule has 1 amide bonds. The minimum Gasteiger partial charge on any atom is -0.437 e. The molecule has 1 aliphatic rings. The Morgan fingerprint density at radius 3 is 2.55 bits per heavy atom. The Kier molecular flexibility index (Phi) is 7.76. The number of halogens is 1. The lowest BCUT2D eigenvalue weighted by Crippen LogP contribution is -2.40. The first kappa shape index (κ1) is 27.2. The van der Waals surface area contributed by atoms with Crippen LogP contribution in [0.25, 0.3) is 5.69 Å². The number of carbonyl (C=O) groups excluding carboxylic acids is 1. The molecule has 1 aromatic heterocycles. The number of non-ortho nitro benzene ring substituents is 1. The maximum atomic E-state index is 14.1. The van der Waals surface area contributed by atoms with E-state index in [0.717, 1.165) is 16.4 Å². The molecule has 1 aliphatic heterocycles. The molecular weight excluding hydrogens is 521 g/mol. The highest BCUT2D eigenvalue weighted by Gasteiger charge is 2.32. The first-order valence-corrected chi connectivity index (χ1v) is 13.1. The van der Waals surface area contributed by atoms with Crippen molar-refractivity contribution >= 4 is 21.6 Å². The average Bonchev–Trinajstić information content (AvgIpc) is 3.20. The number of nitrogens with one attached hydrogen (secondary N) is 1. The van der Waals surface area contributed by atoms with Crippen LogP contribution in [0.4, 0.5) is 10.1 Å². The van der Waals surface area contributed by atoms with Gasteiger partial charge in [0.15, 0.2) is 5.69 Å². The van der Waals surface area contributed by atoms with Gasteiger partial charge in [-0.2, -0.15) is 14.1 Å². The van der Waals surface area contributed by atoms with Gasteiger partial charge in [-0.25, -0.2) is 12.8 Å². The standard InChI is InChI=1S/C24H26FN5O7S/c1-15(2)26-23(31)22-16(3)24(29(27-22)18-6-4-5-17(25)13-18)37-20-8-7-19(30(32)33)14-21(20)38(34,35)28-9-11-36-12-10-28/h4-8,13-15H,9-12H2,1-3H3,(H,26,31). The lowest BCUT2D eigenvalue weighted by Gasteiger charge is -2.26. The summed E-state index contributed by atoms with van der Waals surface area (Å²) in [6.07, 6.45) is 0. The summed E-state index contributed by atoms with van der Waals surface area (Å²) in [6, 6.07) is 8.38. The van der Waals surface area contributed by atoms with Crippen LogP contribution in [0.15, 0.2) is 47.4 Å². The van der Waals surface area contributed by atoms with E-state index in [1.54, 1.807) is 20.8 Å². The summed E-state index contributed by atoms with van der Waals surface area (Å²) in [4.78, 5) is 23.2. The van der Waals surface area contributed by atoms with Crippen LogP contribution in [0.3, 0.4) is 0 Å². The fraction of sp³-hybridized carbons (Fsp3) is 0.333. The van der Waals surface area contributed by atoms with Crippen molar-refractivity contribution in [2.75, 3.05) is 26.3 Å². The highest BCUT2D eigenvalue weighted by Crippen LogP contribution is 2.37. The van der Waals surface area contributed by atoms with Crippen molar-refractivity contribution in [3.8, 4) is 17.3 Å². The molecule has 0 radical (unpaired) electrons. The van der Waals surface area contributed by atoms with Crippen molar-refractivity contribution in [2.24, 2.45) is 0 Å². The van der Waals surface area contributed by atoms with Crippen molar-refractivity contribution in [3.63, 3.8) is 0 Å². The number of amides is 1. The van der Waals surface area contributed by atoms with Gasteiger partial charge in [-0.3, -0.25) is 14.9 Å². The Morgan fingerprint density at radius 1 is 1.21 bits per heavy atom.